The monoisotopic (exact) mass is 180 g/mol. The molecule has 0 aromatic carbocycles. The number of nitrogens with zero attached hydrogens (tertiary/aromatic N) is 4. The van der Waals surface area contributed by atoms with E-state index in [1.54, 1.807) is 0 Å². The number of hydrogen-bond donors (Lipinski definition) is 2. The van der Waals surface area contributed by atoms with Crippen molar-refractivity contribution in [3.05, 3.63) is 33.9 Å². The van der Waals surface area contributed by atoms with Gasteiger partial charge in [-0.15, -0.1) is 0 Å². The van der Waals surface area contributed by atoms with E-state index in [0.29, 0.717) is 6.42 Å². The summed E-state index contributed by atoms with van der Waals surface area (Å²) in [5.41, 5.74) is 0. The van der Waals surface area contributed by atoms with Gasteiger partial charge in [0.05, 0.1) is 0 Å². The fourth-order valence-corrected chi connectivity index (χ4v) is 1.16. The summed E-state index contributed by atoms with van der Waals surface area (Å²) >= 11 is 0. The smallest absolute Gasteiger partial charge is 0.387 e. The van der Waals surface area contributed by atoms with Crippen LogP contribution in [0.5, 0.6) is 0 Å². The first-order valence-electron chi connectivity index (χ1n) is 3.67. The first-order valence-corrected chi connectivity index (χ1v) is 3.67. The van der Waals surface area contributed by atoms with E-state index in [1.165, 1.54) is 0 Å². The number of allylic oxidation sites excluding steroid dienone is 2. The highest BCUT2D eigenvalue weighted by Gasteiger charge is 2.46. The molecule has 0 saturated heterocycles. The van der Waals surface area contributed by atoms with E-state index >= 15 is 0 Å². The van der Waals surface area contributed by atoms with Gasteiger partial charge in [-0.05, 0) is 6.42 Å². The molecule has 1 aliphatic rings. The molecule has 13 heavy (non-hydrogen) atoms. The second-order valence-corrected chi connectivity index (χ2v) is 2.79. The molecule has 0 amide bonds. The zero-order valence-electron chi connectivity index (χ0n) is 6.70. The molecule has 2 N–H and O–H groups in total. The number of diazo groups is 2. The van der Waals surface area contributed by atoms with Crippen molar-refractivity contribution in [2.75, 3.05) is 0 Å². The third-order valence-electron chi connectivity index (χ3n) is 1.93. The minimum atomic E-state index is -0.242. The lowest BCUT2D eigenvalue weighted by atomic mass is 10.2. The number of aliphatic hydroxyl groups is 2. The molecule has 0 aliphatic heterocycles. The van der Waals surface area contributed by atoms with E-state index in [-0.39, 0.29) is 23.4 Å². The molecule has 0 spiro atoms. The first kappa shape index (κ1) is 9.01. The van der Waals surface area contributed by atoms with E-state index in [9.17, 15) is 0 Å². The van der Waals surface area contributed by atoms with Gasteiger partial charge in [0.15, 0.2) is 21.5 Å². The Balaban J connectivity index is 2.59. The van der Waals surface area contributed by atoms with Crippen molar-refractivity contribution in [3.8, 4) is 0 Å². The second kappa shape index (κ2) is 3.55. The maximum atomic E-state index is 9.15. The van der Waals surface area contributed by atoms with Crippen LogP contribution in [0.1, 0.15) is 6.42 Å². The average Bonchev–Trinajstić information content (AvgIpc) is 2.84. The zero-order chi connectivity index (χ0) is 9.84. The van der Waals surface area contributed by atoms with Gasteiger partial charge in [0.2, 0.25) is 10.8 Å². The van der Waals surface area contributed by atoms with Crippen molar-refractivity contribution in [2.45, 2.75) is 6.42 Å². The van der Waals surface area contributed by atoms with Gasteiger partial charge in [-0.25, -0.2) is 0 Å². The van der Waals surface area contributed by atoms with Crippen molar-refractivity contribution in [1.82, 2.24) is 0 Å². The fourth-order valence-electron chi connectivity index (χ4n) is 1.16. The normalized spacial score (nSPS) is 27.5. The second-order valence-electron chi connectivity index (χ2n) is 2.79. The Hall–Kier alpha value is -2.08. The highest BCUT2D eigenvalue weighted by atomic mass is 16.3. The minimum absolute atomic E-state index is 0.0922. The molecule has 1 rings (SSSR count). The van der Waals surface area contributed by atoms with E-state index < -0.39 is 0 Å². The highest BCUT2D eigenvalue weighted by molar-refractivity contribution is 5.19. The molecular weight excluding hydrogens is 172 g/mol. The summed E-state index contributed by atoms with van der Waals surface area (Å²) in [5.74, 6) is -0.668. The standard InChI is InChI=1S/C7H6N4O2/c8-10-2-6(12)4-1-5(4)7(13)3-11-9/h2-5H,1H2/p+2/t4-,5-/m0/s1. The average molecular weight is 180 g/mol. The molecule has 1 saturated carbocycles. The summed E-state index contributed by atoms with van der Waals surface area (Å²) in [7, 11) is 0. The van der Waals surface area contributed by atoms with Crippen LogP contribution < -0.4 is 0 Å². The summed E-state index contributed by atoms with van der Waals surface area (Å²) in [6.45, 7) is 0. The third kappa shape index (κ3) is 1.94. The Morgan fingerprint density at radius 2 is 1.46 bits per heavy atom. The van der Waals surface area contributed by atoms with Crippen molar-refractivity contribution in [3.63, 3.8) is 0 Å². The number of hydrogen-bond acceptors (Lipinski definition) is 4. The number of rotatable bonds is 2. The lowest BCUT2D eigenvalue weighted by Gasteiger charge is -1.89. The summed E-state index contributed by atoms with van der Waals surface area (Å²) < 4.78 is 0. The van der Waals surface area contributed by atoms with Gasteiger partial charge in [-0.2, -0.15) is 0 Å². The van der Waals surface area contributed by atoms with Gasteiger partial charge in [-0.3, -0.25) is 0 Å². The SMILES string of the molecule is N#[N+]C=C(O)[C@H]1C[C@@H]1C(O)=C[N+]#N. The molecule has 0 unspecified atom stereocenters. The van der Waals surface area contributed by atoms with Crippen molar-refractivity contribution in [1.29, 1.82) is 10.8 Å². The van der Waals surface area contributed by atoms with Crippen LogP contribution in [-0.4, -0.2) is 10.2 Å². The van der Waals surface area contributed by atoms with E-state index in [0.717, 1.165) is 12.4 Å². The quantitative estimate of drug-likeness (QED) is 0.502. The predicted molar refractivity (Wildman–Crippen MR) is 43.2 cm³/mol. The van der Waals surface area contributed by atoms with Crippen LogP contribution >= 0.6 is 0 Å². The first-order chi connectivity index (χ1) is 6.20. The molecule has 0 heterocycles. The van der Waals surface area contributed by atoms with E-state index in [2.05, 4.69) is 9.95 Å². The minimum Gasteiger partial charge on any atom is -0.505 e. The van der Waals surface area contributed by atoms with Gasteiger partial charge in [0.1, 0.15) is 0 Å². The Morgan fingerprint density at radius 3 is 1.77 bits per heavy atom. The highest BCUT2D eigenvalue weighted by Crippen LogP contribution is 2.47. The van der Waals surface area contributed by atoms with Crippen molar-refractivity contribution < 1.29 is 10.2 Å². The molecule has 6 nitrogen and oxygen atoms in total. The summed E-state index contributed by atoms with van der Waals surface area (Å²) in [5, 5.41) is 34.5. The topological polar surface area (TPSA) is 96.8 Å². The Labute approximate surface area is 74.1 Å². The van der Waals surface area contributed by atoms with Gasteiger partial charge >= 0.3 is 12.4 Å². The lowest BCUT2D eigenvalue weighted by molar-refractivity contribution is 0.342. The fraction of sp³-hybridized carbons (Fsp3) is 0.429. The third-order valence-corrected chi connectivity index (χ3v) is 1.93. The molecule has 2 atom stereocenters. The summed E-state index contributed by atoms with van der Waals surface area (Å²) in [6.07, 6.45) is 2.37. The van der Waals surface area contributed by atoms with E-state index in [1.807, 2.05) is 0 Å². The molecule has 0 aromatic heterocycles. The summed E-state index contributed by atoms with van der Waals surface area (Å²) in [6, 6.07) is 0. The van der Waals surface area contributed by atoms with Crippen LogP contribution in [0, 0.1) is 22.6 Å². The Bertz CT molecular complexity index is 312. The molecule has 0 bridgehead atoms. The Morgan fingerprint density at radius 1 is 1.08 bits per heavy atom. The van der Waals surface area contributed by atoms with Crippen molar-refractivity contribution >= 4 is 0 Å². The molecular formula is C7H8N4O2+2. The largest absolute Gasteiger partial charge is 0.505 e. The lowest BCUT2D eigenvalue weighted by Crippen LogP contribution is -1.90. The predicted octanol–water partition coefficient (Wildman–Crippen LogP) is 2.13. The number of aliphatic hydroxyl groups excluding tert-OH is 2. The van der Waals surface area contributed by atoms with Crippen molar-refractivity contribution in [2.24, 2.45) is 11.8 Å². The molecule has 0 radical (unpaired) electrons. The van der Waals surface area contributed by atoms with Gasteiger partial charge in [0.25, 0.3) is 0 Å². The van der Waals surface area contributed by atoms with Crippen LogP contribution in [0.2, 0.25) is 0 Å². The van der Waals surface area contributed by atoms with Crippen LogP contribution in [-0.2, 0) is 0 Å². The van der Waals surface area contributed by atoms with Crippen LogP contribution in [0.25, 0.3) is 9.95 Å². The molecule has 1 fully saturated rings. The Kier molecular flexibility index (Phi) is 2.46. The maximum absolute atomic E-state index is 9.15. The van der Waals surface area contributed by atoms with Crippen LogP contribution in [0.3, 0.4) is 0 Å². The van der Waals surface area contributed by atoms with Gasteiger partial charge < -0.3 is 10.2 Å². The zero-order valence-corrected chi connectivity index (χ0v) is 6.70. The maximum Gasteiger partial charge on any atom is 0.387 e. The van der Waals surface area contributed by atoms with Crippen LogP contribution in [0.4, 0.5) is 0 Å². The van der Waals surface area contributed by atoms with E-state index in [4.69, 9.17) is 21.0 Å². The van der Waals surface area contributed by atoms with Gasteiger partial charge in [-0.1, -0.05) is 0 Å². The summed E-state index contributed by atoms with van der Waals surface area (Å²) in [4.78, 5) is 5.30. The molecule has 1 aliphatic carbocycles. The molecule has 0 aromatic rings. The molecule has 6 heteroatoms. The van der Waals surface area contributed by atoms with Crippen LogP contribution in [0.15, 0.2) is 23.9 Å². The molecule has 66 valence electrons. The van der Waals surface area contributed by atoms with Gasteiger partial charge in [0, 0.05) is 11.8 Å².